The highest BCUT2D eigenvalue weighted by Gasteiger charge is 2.11. The average molecular weight is 285 g/mol. The van der Waals surface area contributed by atoms with E-state index >= 15 is 0 Å². The molecule has 2 heterocycles. The van der Waals surface area contributed by atoms with Crippen LogP contribution in [0.2, 0.25) is 0 Å². The summed E-state index contributed by atoms with van der Waals surface area (Å²) in [5, 5.41) is 2.96. The maximum atomic E-state index is 12.0. The van der Waals surface area contributed by atoms with Gasteiger partial charge in [0, 0.05) is 41.9 Å². The molecule has 0 aliphatic rings. The van der Waals surface area contributed by atoms with E-state index in [4.69, 9.17) is 0 Å². The second-order valence-electron chi connectivity index (χ2n) is 5.60. The molecule has 0 saturated heterocycles. The van der Waals surface area contributed by atoms with E-state index in [9.17, 15) is 4.79 Å². The van der Waals surface area contributed by atoms with Gasteiger partial charge in [0.1, 0.15) is 0 Å². The van der Waals surface area contributed by atoms with Crippen molar-refractivity contribution in [3.8, 4) is 0 Å². The highest BCUT2D eigenvalue weighted by molar-refractivity contribution is 5.93. The summed E-state index contributed by atoms with van der Waals surface area (Å²) in [6.45, 7) is 9.30. The summed E-state index contributed by atoms with van der Waals surface area (Å²) < 4.78 is 2.33. The van der Waals surface area contributed by atoms with Gasteiger partial charge in [0.2, 0.25) is 0 Å². The van der Waals surface area contributed by atoms with E-state index in [2.05, 4.69) is 48.6 Å². The number of hydrogen-bond donors (Lipinski definition) is 1. The number of amides is 1. The standard InChI is InChI=1S/C17H23N3O/c1-12(2)20-13(3)11-16(14(20)4)7-10-19-17(21)15-5-8-18-9-6-15/h5-6,8-9,11-12H,7,10H2,1-4H3,(H,19,21). The molecule has 4 nitrogen and oxygen atoms in total. The fraction of sp³-hybridized carbons (Fsp3) is 0.412. The lowest BCUT2D eigenvalue weighted by atomic mass is 10.1. The number of carbonyl (C=O) groups is 1. The SMILES string of the molecule is Cc1cc(CCNC(=O)c2ccncc2)c(C)n1C(C)C. The van der Waals surface area contributed by atoms with Crippen LogP contribution in [-0.4, -0.2) is 22.0 Å². The van der Waals surface area contributed by atoms with Gasteiger partial charge in [-0.25, -0.2) is 0 Å². The van der Waals surface area contributed by atoms with E-state index in [1.54, 1.807) is 24.5 Å². The molecule has 1 N–H and O–H groups in total. The topological polar surface area (TPSA) is 46.9 Å². The van der Waals surface area contributed by atoms with Crippen molar-refractivity contribution in [2.75, 3.05) is 6.54 Å². The number of rotatable bonds is 5. The smallest absolute Gasteiger partial charge is 0.251 e. The maximum Gasteiger partial charge on any atom is 0.251 e. The normalized spacial score (nSPS) is 10.9. The third-order valence-corrected chi connectivity index (χ3v) is 3.73. The average Bonchev–Trinajstić information content (AvgIpc) is 2.74. The monoisotopic (exact) mass is 285 g/mol. The van der Waals surface area contributed by atoms with Crippen LogP contribution in [0, 0.1) is 13.8 Å². The molecule has 0 atom stereocenters. The van der Waals surface area contributed by atoms with Crippen molar-refractivity contribution in [1.29, 1.82) is 0 Å². The first-order valence-corrected chi connectivity index (χ1v) is 7.36. The molecule has 21 heavy (non-hydrogen) atoms. The molecule has 2 aromatic rings. The minimum absolute atomic E-state index is 0.0462. The molecule has 0 aliphatic carbocycles. The number of carbonyl (C=O) groups excluding carboxylic acids is 1. The second-order valence-corrected chi connectivity index (χ2v) is 5.60. The molecule has 0 unspecified atom stereocenters. The third-order valence-electron chi connectivity index (χ3n) is 3.73. The number of aryl methyl sites for hydroxylation is 1. The second kappa shape index (κ2) is 6.57. The molecule has 0 saturated carbocycles. The third kappa shape index (κ3) is 3.51. The minimum atomic E-state index is -0.0462. The lowest BCUT2D eigenvalue weighted by Crippen LogP contribution is -2.25. The molecule has 0 radical (unpaired) electrons. The number of pyridine rings is 1. The van der Waals surface area contributed by atoms with Crippen molar-refractivity contribution in [3.63, 3.8) is 0 Å². The lowest BCUT2D eigenvalue weighted by molar-refractivity contribution is 0.0954. The Hall–Kier alpha value is -2.10. The van der Waals surface area contributed by atoms with Gasteiger partial charge in [0.15, 0.2) is 0 Å². The highest BCUT2D eigenvalue weighted by atomic mass is 16.1. The van der Waals surface area contributed by atoms with E-state index < -0.39 is 0 Å². The summed E-state index contributed by atoms with van der Waals surface area (Å²) in [7, 11) is 0. The van der Waals surface area contributed by atoms with Gasteiger partial charge in [0.25, 0.3) is 5.91 Å². The molecule has 0 bridgehead atoms. The molecule has 2 aromatic heterocycles. The Morgan fingerprint density at radius 3 is 2.52 bits per heavy atom. The van der Waals surface area contributed by atoms with Crippen molar-refractivity contribution < 1.29 is 4.79 Å². The Balaban J connectivity index is 1.95. The Kier molecular flexibility index (Phi) is 4.78. The zero-order valence-corrected chi connectivity index (χ0v) is 13.2. The first-order chi connectivity index (χ1) is 10.0. The summed E-state index contributed by atoms with van der Waals surface area (Å²) in [6, 6.07) is 6.12. The van der Waals surface area contributed by atoms with Crippen LogP contribution in [0.4, 0.5) is 0 Å². The van der Waals surface area contributed by atoms with Crippen LogP contribution in [0.15, 0.2) is 30.6 Å². The summed E-state index contributed by atoms with van der Waals surface area (Å²) in [4.78, 5) is 15.9. The number of nitrogens with one attached hydrogen (secondary N) is 1. The van der Waals surface area contributed by atoms with E-state index in [1.807, 2.05) is 0 Å². The molecule has 0 fully saturated rings. The van der Waals surface area contributed by atoms with Gasteiger partial charge in [-0.15, -0.1) is 0 Å². The summed E-state index contributed by atoms with van der Waals surface area (Å²) >= 11 is 0. The summed E-state index contributed by atoms with van der Waals surface area (Å²) in [6.07, 6.45) is 4.11. The van der Waals surface area contributed by atoms with Crippen LogP contribution in [0.5, 0.6) is 0 Å². The zero-order valence-electron chi connectivity index (χ0n) is 13.2. The van der Waals surface area contributed by atoms with Gasteiger partial charge in [-0.05, 0) is 57.9 Å². The predicted molar refractivity (Wildman–Crippen MR) is 84.6 cm³/mol. The van der Waals surface area contributed by atoms with Crippen molar-refractivity contribution in [2.45, 2.75) is 40.2 Å². The van der Waals surface area contributed by atoms with Gasteiger partial charge in [0.05, 0.1) is 0 Å². The Morgan fingerprint density at radius 2 is 1.95 bits per heavy atom. The largest absolute Gasteiger partial charge is 0.352 e. The zero-order chi connectivity index (χ0) is 15.4. The van der Waals surface area contributed by atoms with Crippen molar-refractivity contribution in [1.82, 2.24) is 14.9 Å². The van der Waals surface area contributed by atoms with Gasteiger partial charge in [-0.3, -0.25) is 9.78 Å². The molecule has 4 heteroatoms. The fourth-order valence-corrected chi connectivity index (χ4v) is 2.81. The molecule has 0 spiro atoms. The van der Waals surface area contributed by atoms with Gasteiger partial charge < -0.3 is 9.88 Å². The van der Waals surface area contributed by atoms with Gasteiger partial charge >= 0.3 is 0 Å². The molecule has 1 amide bonds. The Bertz CT molecular complexity index is 614. The Morgan fingerprint density at radius 1 is 1.29 bits per heavy atom. The van der Waals surface area contributed by atoms with Crippen molar-refractivity contribution >= 4 is 5.91 Å². The van der Waals surface area contributed by atoms with Gasteiger partial charge in [-0.2, -0.15) is 0 Å². The van der Waals surface area contributed by atoms with Crippen LogP contribution in [0.3, 0.4) is 0 Å². The Labute approximate surface area is 126 Å². The number of aromatic nitrogens is 2. The first-order valence-electron chi connectivity index (χ1n) is 7.36. The lowest BCUT2D eigenvalue weighted by Gasteiger charge is -2.14. The predicted octanol–water partition coefficient (Wildman–Crippen LogP) is 3.05. The number of nitrogens with zero attached hydrogens (tertiary/aromatic N) is 2. The molecular formula is C17H23N3O. The first kappa shape index (κ1) is 15.3. The maximum absolute atomic E-state index is 12.0. The van der Waals surface area contributed by atoms with E-state index in [0.717, 1.165) is 6.42 Å². The van der Waals surface area contributed by atoms with Crippen LogP contribution in [0.1, 0.15) is 47.2 Å². The van der Waals surface area contributed by atoms with E-state index in [-0.39, 0.29) is 5.91 Å². The van der Waals surface area contributed by atoms with Crippen molar-refractivity contribution in [3.05, 3.63) is 53.1 Å². The quantitative estimate of drug-likeness (QED) is 0.917. The van der Waals surface area contributed by atoms with Crippen LogP contribution in [-0.2, 0) is 6.42 Å². The minimum Gasteiger partial charge on any atom is -0.352 e. The summed E-state index contributed by atoms with van der Waals surface area (Å²) in [5.74, 6) is -0.0462. The molecule has 112 valence electrons. The van der Waals surface area contributed by atoms with Crippen LogP contribution >= 0.6 is 0 Å². The highest BCUT2D eigenvalue weighted by Crippen LogP contribution is 2.20. The molecule has 2 rings (SSSR count). The molecule has 0 aromatic carbocycles. The van der Waals surface area contributed by atoms with Crippen molar-refractivity contribution in [2.24, 2.45) is 0 Å². The fourth-order valence-electron chi connectivity index (χ4n) is 2.81. The molecular weight excluding hydrogens is 262 g/mol. The van der Waals surface area contributed by atoms with E-state index in [0.29, 0.717) is 18.2 Å². The molecule has 0 aliphatic heterocycles. The van der Waals surface area contributed by atoms with Gasteiger partial charge in [-0.1, -0.05) is 0 Å². The van der Waals surface area contributed by atoms with Crippen LogP contribution in [0.25, 0.3) is 0 Å². The van der Waals surface area contributed by atoms with E-state index in [1.165, 1.54) is 17.0 Å². The number of hydrogen-bond acceptors (Lipinski definition) is 2. The summed E-state index contributed by atoms with van der Waals surface area (Å²) in [5.41, 5.74) is 4.52. The van der Waals surface area contributed by atoms with Crippen LogP contribution < -0.4 is 5.32 Å².